The molecule has 1 aliphatic carbocycles. The molecule has 0 aromatic rings. The van der Waals surface area contributed by atoms with Gasteiger partial charge in [0.25, 0.3) is 0 Å². The van der Waals surface area contributed by atoms with Gasteiger partial charge in [-0.3, -0.25) is 9.69 Å². The van der Waals surface area contributed by atoms with Crippen LogP contribution in [0.4, 0.5) is 0 Å². The minimum atomic E-state index is -0.732. The molecule has 0 aromatic carbocycles. The third kappa shape index (κ3) is 5.04. The van der Waals surface area contributed by atoms with Crippen LogP contribution in [-0.2, 0) is 4.79 Å². The van der Waals surface area contributed by atoms with Crippen molar-refractivity contribution in [2.75, 3.05) is 13.2 Å². The van der Waals surface area contributed by atoms with Crippen molar-refractivity contribution in [3.63, 3.8) is 0 Å². The highest BCUT2D eigenvalue weighted by Gasteiger charge is 2.24. The number of carbonyl (C=O) groups is 1. The van der Waals surface area contributed by atoms with Gasteiger partial charge in [0.1, 0.15) is 0 Å². The van der Waals surface area contributed by atoms with Gasteiger partial charge >= 0.3 is 5.97 Å². The Balaban J connectivity index is 2.47. The van der Waals surface area contributed by atoms with Gasteiger partial charge in [0.05, 0.1) is 6.61 Å². The van der Waals surface area contributed by atoms with Crippen LogP contribution in [0.2, 0.25) is 0 Å². The number of hydrogen-bond acceptors (Lipinski definition) is 3. The number of rotatable bonds is 7. The maximum Gasteiger partial charge on any atom is 0.303 e. The molecule has 100 valence electrons. The summed E-state index contributed by atoms with van der Waals surface area (Å²) < 4.78 is 0. The van der Waals surface area contributed by atoms with E-state index in [-0.39, 0.29) is 19.1 Å². The first-order valence-electron chi connectivity index (χ1n) is 6.73. The van der Waals surface area contributed by atoms with Crippen LogP contribution in [0.5, 0.6) is 0 Å². The number of nitrogens with zero attached hydrogens (tertiary/aromatic N) is 1. The number of aliphatic carboxylic acids is 1. The second-order valence-electron chi connectivity index (χ2n) is 5.03. The Labute approximate surface area is 104 Å². The van der Waals surface area contributed by atoms with Gasteiger partial charge in [-0.1, -0.05) is 19.3 Å². The Bertz CT molecular complexity index is 227. The molecule has 0 bridgehead atoms. The quantitative estimate of drug-likeness (QED) is 0.716. The van der Waals surface area contributed by atoms with E-state index < -0.39 is 5.97 Å². The molecule has 2 N–H and O–H groups in total. The van der Waals surface area contributed by atoms with Gasteiger partial charge in [-0.15, -0.1) is 0 Å². The predicted molar refractivity (Wildman–Crippen MR) is 67.0 cm³/mol. The summed E-state index contributed by atoms with van der Waals surface area (Å²) in [5.41, 5.74) is 0. The molecular formula is C13H25NO3. The molecule has 0 saturated heterocycles. The molecule has 1 fully saturated rings. The van der Waals surface area contributed by atoms with E-state index in [1.807, 2.05) is 0 Å². The fraction of sp³-hybridized carbons (Fsp3) is 0.923. The zero-order valence-electron chi connectivity index (χ0n) is 10.8. The lowest BCUT2D eigenvalue weighted by atomic mass is 9.92. The second kappa shape index (κ2) is 7.67. The first-order chi connectivity index (χ1) is 8.15. The van der Waals surface area contributed by atoms with Crippen LogP contribution >= 0.6 is 0 Å². The molecule has 4 heteroatoms. The lowest BCUT2D eigenvalue weighted by Crippen LogP contribution is -2.44. The maximum atomic E-state index is 10.6. The van der Waals surface area contributed by atoms with E-state index in [1.54, 1.807) is 0 Å². The van der Waals surface area contributed by atoms with Gasteiger partial charge in [0, 0.05) is 25.0 Å². The Hall–Kier alpha value is -0.610. The summed E-state index contributed by atoms with van der Waals surface area (Å²) in [5.74, 6) is -0.732. The molecule has 1 rings (SSSR count). The van der Waals surface area contributed by atoms with Crippen LogP contribution < -0.4 is 0 Å². The van der Waals surface area contributed by atoms with E-state index in [0.717, 1.165) is 0 Å². The van der Waals surface area contributed by atoms with E-state index in [1.165, 1.54) is 32.1 Å². The Morgan fingerprint density at radius 2 is 2.00 bits per heavy atom. The van der Waals surface area contributed by atoms with Crippen LogP contribution in [0.1, 0.15) is 51.9 Å². The fourth-order valence-corrected chi connectivity index (χ4v) is 2.79. The molecule has 0 aromatic heterocycles. The average Bonchev–Trinajstić information content (AvgIpc) is 2.34. The maximum absolute atomic E-state index is 10.6. The zero-order valence-corrected chi connectivity index (χ0v) is 10.8. The molecule has 17 heavy (non-hydrogen) atoms. The highest BCUT2D eigenvalue weighted by atomic mass is 16.4. The second-order valence-corrected chi connectivity index (χ2v) is 5.03. The van der Waals surface area contributed by atoms with Crippen LogP contribution in [0, 0.1) is 0 Å². The summed E-state index contributed by atoms with van der Waals surface area (Å²) in [5, 5.41) is 17.9. The molecule has 1 aliphatic rings. The highest BCUT2D eigenvalue weighted by molar-refractivity contribution is 5.66. The highest BCUT2D eigenvalue weighted by Crippen LogP contribution is 2.25. The van der Waals surface area contributed by atoms with Crippen molar-refractivity contribution in [2.24, 2.45) is 0 Å². The molecule has 0 amide bonds. The molecule has 1 unspecified atom stereocenters. The van der Waals surface area contributed by atoms with Crippen molar-refractivity contribution in [1.29, 1.82) is 0 Å². The monoisotopic (exact) mass is 243 g/mol. The van der Waals surface area contributed by atoms with Crippen molar-refractivity contribution >= 4 is 5.97 Å². The summed E-state index contributed by atoms with van der Waals surface area (Å²) in [4.78, 5) is 12.9. The minimum Gasteiger partial charge on any atom is -0.481 e. The lowest BCUT2D eigenvalue weighted by molar-refractivity contribution is -0.137. The molecular weight excluding hydrogens is 218 g/mol. The van der Waals surface area contributed by atoms with Gasteiger partial charge < -0.3 is 10.2 Å². The van der Waals surface area contributed by atoms with Crippen molar-refractivity contribution in [3.05, 3.63) is 0 Å². The van der Waals surface area contributed by atoms with Crippen LogP contribution in [0.25, 0.3) is 0 Å². The van der Waals surface area contributed by atoms with E-state index in [9.17, 15) is 4.79 Å². The normalized spacial score (nSPS) is 19.5. The Morgan fingerprint density at radius 1 is 1.35 bits per heavy atom. The Morgan fingerprint density at radius 3 is 2.53 bits per heavy atom. The van der Waals surface area contributed by atoms with Crippen LogP contribution in [-0.4, -0.2) is 46.3 Å². The van der Waals surface area contributed by atoms with Crippen LogP contribution in [0.15, 0.2) is 0 Å². The van der Waals surface area contributed by atoms with Gasteiger partial charge in [-0.2, -0.15) is 0 Å². The first kappa shape index (κ1) is 14.5. The number of aliphatic hydroxyl groups is 1. The smallest absolute Gasteiger partial charge is 0.303 e. The molecule has 0 radical (unpaired) electrons. The van der Waals surface area contributed by atoms with E-state index in [0.29, 0.717) is 19.0 Å². The standard InChI is InChI=1S/C13H25NO3/c1-11(7-8-13(16)17)14(9-10-15)12-5-3-2-4-6-12/h11-12,15H,2-10H2,1H3,(H,16,17). The average molecular weight is 243 g/mol. The first-order valence-corrected chi connectivity index (χ1v) is 6.73. The number of aliphatic hydroxyl groups excluding tert-OH is 1. The molecule has 1 saturated carbocycles. The molecule has 0 aliphatic heterocycles. The SMILES string of the molecule is CC(CCC(=O)O)N(CCO)C1CCCCC1. The van der Waals surface area contributed by atoms with Crippen molar-refractivity contribution in [3.8, 4) is 0 Å². The van der Waals surface area contributed by atoms with Crippen LogP contribution in [0.3, 0.4) is 0 Å². The fourth-order valence-electron chi connectivity index (χ4n) is 2.79. The third-order valence-electron chi connectivity index (χ3n) is 3.74. The Kier molecular flexibility index (Phi) is 6.52. The molecule has 0 heterocycles. The minimum absolute atomic E-state index is 0.161. The number of hydrogen-bond donors (Lipinski definition) is 2. The molecule has 1 atom stereocenters. The summed E-state index contributed by atoms with van der Waals surface area (Å²) in [7, 11) is 0. The van der Waals surface area contributed by atoms with E-state index in [4.69, 9.17) is 10.2 Å². The third-order valence-corrected chi connectivity index (χ3v) is 3.74. The molecule has 4 nitrogen and oxygen atoms in total. The van der Waals surface area contributed by atoms with Crippen molar-refractivity contribution < 1.29 is 15.0 Å². The molecule has 0 spiro atoms. The van der Waals surface area contributed by atoms with Gasteiger partial charge in [-0.25, -0.2) is 0 Å². The van der Waals surface area contributed by atoms with Gasteiger partial charge in [0.15, 0.2) is 0 Å². The largest absolute Gasteiger partial charge is 0.481 e. The van der Waals surface area contributed by atoms with Gasteiger partial charge in [-0.05, 0) is 26.2 Å². The number of carboxylic acid groups (broad SMARTS) is 1. The van der Waals surface area contributed by atoms with Crippen molar-refractivity contribution in [1.82, 2.24) is 4.90 Å². The summed E-state index contributed by atoms with van der Waals surface area (Å²) in [6, 6.07) is 0.793. The van der Waals surface area contributed by atoms with E-state index >= 15 is 0 Å². The summed E-state index contributed by atoms with van der Waals surface area (Å²) in [6.45, 7) is 2.91. The summed E-state index contributed by atoms with van der Waals surface area (Å²) >= 11 is 0. The zero-order chi connectivity index (χ0) is 12.7. The van der Waals surface area contributed by atoms with E-state index in [2.05, 4.69) is 11.8 Å². The van der Waals surface area contributed by atoms with Crippen molar-refractivity contribution in [2.45, 2.75) is 64.0 Å². The lowest BCUT2D eigenvalue weighted by Gasteiger charge is -2.38. The summed E-state index contributed by atoms with van der Waals surface area (Å²) in [6.07, 6.45) is 7.11. The topological polar surface area (TPSA) is 60.8 Å². The van der Waals surface area contributed by atoms with Gasteiger partial charge in [0.2, 0.25) is 0 Å². The number of carboxylic acids is 1. The predicted octanol–water partition coefficient (Wildman–Crippen LogP) is 1.87.